The third-order valence-corrected chi connectivity index (χ3v) is 7.57. The monoisotopic (exact) mass is 393 g/mol. The van der Waals surface area contributed by atoms with E-state index in [9.17, 15) is 4.79 Å². The van der Waals surface area contributed by atoms with Crippen LogP contribution in [0.25, 0.3) is 0 Å². The van der Waals surface area contributed by atoms with E-state index in [2.05, 4.69) is 4.90 Å². The number of likely N-dealkylation sites (N-methyl/N-ethyl adjacent to an activating group) is 1. The molecule has 1 saturated heterocycles. The minimum absolute atomic E-state index is 0.0350. The van der Waals surface area contributed by atoms with E-state index < -0.39 is 0 Å². The highest BCUT2D eigenvalue weighted by atomic mass is 35.5. The van der Waals surface area contributed by atoms with Crippen LogP contribution < -0.4 is 4.90 Å². The first-order valence-electron chi connectivity index (χ1n) is 8.53. The van der Waals surface area contributed by atoms with Gasteiger partial charge < -0.3 is 4.90 Å². The van der Waals surface area contributed by atoms with Crippen molar-refractivity contribution in [3.63, 3.8) is 0 Å². The van der Waals surface area contributed by atoms with Gasteiger partial charge in [-0.25, -0.2) is 0 Å². The lowest BCUT2D eigenvalue weighted by molar-refractivity contribution is -0.121. The van der Waals surface area contributed by atoms with Gasteiger partial charge in [0.1, 0.15) is 4.91 Å². The van der Waals surface area contributed by atoms with Gasteiger partial charge in [0, 0.05) is 24.0 Å². The number of benzene rings is 1. The fourth-order valence-corrected chi connectivity index (χ4v) is 5.91. The summed E-state index contributed by atoms with van der Waals surface area (Å²) in [6.45, 7) is 0. The van der Waals surface area contributed by atoms with Gasteiger partial charge in [0.05, 0.1) is 16.8 Å². The first kappa shape index (κ1) is 17.3. The largest absolute Gasteiger partial charge is 0.337 e. The molecule has 4 rings (SSSR count). The molecule has 0 bridgehead atoms. The molecule has 3 aliphatic rings. The lowest BCUT2D eigenvalue weighted by atomic mass is 9.96. The topological polar surface area (TPSA) is 35.9 Å². The van der Waals surface area contributed by atoms with Crippen LogP contribution in [-0.4, -0.2) is 36.1 Å². The van der Waals surface area contributed by atoms with Gasteiger partial charge in [-0.3, -0.25) is 14.7 Å². The lowest BCUT2D eigenvalue weighted by Crippen LogP contribution is -2.26. The van der Waals surface area contributed by atoms with Crippen LogP contribution in [-0.2, 0) is 4.79 Å². The van der Waals surface area contributed by atoms with Crippen molar-refractivity contribution in [2.45, 2.75) is 43.0 Å². The molecule has 0 N–H and O–H groups in total. The fraction of sp³-hybridized carbons (Fsp3) is 0.444. The van der Waals surface area contributed by atoms with Crippen LogP contribution in [0.2, 0.25) is 5.02 Å². The highest BCUT2D eigenvalue weighted by Gasteiger charge is 2.37. The van der Waals surface area contributed by atoms with E-state index in [0.29, 0.717) is 11.1 Å². The third-order valence-electron chi connectivity index (χ3n) is 4.83. The first-order valence-corrected chi connectivity index (χ1v) is 10.5. The van der Waals surface area contributed by atoms with Gasteiger partial charge in [-0.05, 0) is 42.8 Å². The molecule has 2 aliphatic heterocycles. The molecule has 132 valence electrons. The fourth-order valence-electron chi connectivity index (χ4n) is 3.38. The van der Waals surface area contributed by atoms with Crippen molar-refractivity contribution in [1.82, 2.24) is 4.90 Å². The van der Waals surface area contributed by atoms with Crippen LogP contribution >= 0.6 is 35.1 Å². The van der Waals surface area contributed by atoms with Crippen molar-refractivity contribution in [1.29, 1.82) is 0 Å². The number of thioether (sulfide) groups is 2. The zero-order valence-corrected chi connectivity index (χ0v) is 16.7. The minimum atomic E-state index is 0.0350. The maximum atomic E-state index is 12.8. The molecule has 1 aromatic rings. The van der Waals surface area contributed by atoms with Crippen LogP contribution in [0.1, 0.15) is 32.1 Å². The van der Waals surface area contributed by atoms with Crippen LogP contribution in [0.4, 0.5) is 5.69 Å². The molecule has 0 radical (unpaired) electrons. The predicted octanol–water partition coefficient (Wildman–Crippen LogP) is 4.94. The number of carbonyl (C=O) groups is 1. The number of hydrogen-bond acceptors (Lipinski definition) is 5. The Kier molecular flexibility index (Phi) is 4.77. The van der Waals surface area contributed by atoms with E-state index in [1.54, 1.807) is 16.7 Å². The van der Waals surface area contributed by atoms with Crippen molar-refractivity contribution >= 4 is 51.9 Å². The number of fused-ring (bicyclic) bond motifs is 1. The molecule has 2 heterocycles. The Morgan fingerprint density at radius 3 is 2.64 bits per heavy atom. The second kappa shape index (κ2) is 6.89. The number of amidine groups is 1. The zero-order valence-electron chi connectivity index (χ0n) is 14.3. The quantitative estimate of drug-likeness (QED) is 0.633. The van der Waals surface area contributed by atoms with Crippen LogP contribution in [0, 0.1) is 0 Å². The van der Waals surface area contributed by atoms with E-state index in [0.717, 1.165) is 38.5 Å². The number of amides is 1. The standard InChI is InChI=1S/C18H20ClN3OS2/c1-21-13-10-11(19)8-9-14(13)24-17(21)15-16(23)22(2)18(25-15)20-12-6-4-3-5-7-12/h8-10,12H,3-7H2,1-2H3. The van der Waals surface area contributed by atoms with Crippen molar-refractivity contribution < 1.29 is 4.79 Å². The summed E-state index contributed by atoms with van der Waals surface area (Å²) in [6, 6.07) is 6.21. The summed E-state index contributed by atoms with van der Waals surface area (Å²) in [4.78, 5) is 23.3. The highest BCUT2D eigenvalue weighted by Crippen LogP contribution is 2.50. The Balaban J connectivity index is 1.64. The highest BCUT2D eigenvalue weighted by molar-refractivity contribution is 8.19. The average Bonchev–Trinajstić information content (AvgIpc) is 3.08. The maximum absolute atomic E-state index is 12.8. The van der Waals surface area contributed by atoms with Crippen LogP contribution in [0.15, 0.2) is 38.0 Å². The van der Waals surface area contributed by atoms with E-state index >= 15 is 0 Å². The van der Waals surface area contributed by atoms with Gasteiger partial charge in [-0.1, -0.05) is 42.6 Å². The summed E-state index contributed by atoms with van der Waals surface area (Å²) >= 11 is 9.26. The summed E-state index contributed by atoms with van der Waals surface area (Å²) < 4.78 is 0. The third kappa shape index (κ3) is 3.20. The number of rotatable bonds is 1. The Morgan fingerprint density at radius 1 is 1.12 bits per heavy atom. The number of anilines is 1. The molecular weight excluding hydrogens is 374 g/mol. The van der Waals surface area contributed by atoms with Crippen molar-refractivity contribution in [2.24, 2.45) is 4.99 Å². The van der Waals surface area contributed by atoms with E-state index in [1.807, 2.05) is 32.3 Å². The molecule has 0 atom stereocenters. The average molecular weight is 394 g/mol. The van der Waals surface area contributed by atoms with Gasteiger partial charge >= 0.3 is 0 Å². The Morgan fingerprint density at radius 2 is 1.88 bits per heavy atom. The summed E-state index contributed by atoms with van der Waals surface area (Å²) in [6.07, 6.45) is 6.06. The molecule has 1 saturated carbocycles. The summed E-state index contributed by atoms with van der Waals surface area (Å²) in [5.74, 6) is 0.0350. The second-order valence-electron chi connectivity index (χ2n) is 6.58. The van der Waals surface area contributed by atoms with E-state index in [-0.39, 0.29) is 5.91 Å². The molecule has 0 spiro atoms. The lowest BCUT2D eigenvalue weighted by Gasteiger charge is -2.19. The molecule has 1 amide bonds. The molecular formula is C18H20ClN3OS2. The van der Waals surface area contributed by atoms with Crippen LogP contribution in [0.5, 0.6) is 0 Å². The number of halogens is 1. The van der Waals surface area contributed by atoms with Crippen molar-refractivity contribution in [2.75, 3.05) is 19.0 Å². The maximum Gasteiger partial charge on any atom is 0.269 e. The smallest absolute Gasteiger partial charge is 0.269 e. The first-order chi connectivity index (χ1) is 12.0. The Hall–Kier alpha value is -1.11. The summed E-state index contributed by atoms with van der Waals surface area (Å²) in [5.41, 5.74) is 1.05. The van der Waals surface area contributed by atoms with Gasteiger partial charge in [-0.2, -0.15) is 0 Å². The van der Waals surface area contributed by atoms with E-state index in [4.69, 9.17) is 16.6 Å². The van der Waals surface area contributed by atoms with Crippen molar-refractivity contribution in [3.8, 4) is 0 Å². The van der Waals surface area contributed by atoms with Gasteiger partial charge in [0.2, 0.25) is 0 Å². The predicted molar refractivity (Wildman–Crippen MR) is 107 cm³/mol. The SMILES string of the molecule is CN1C(=O)C(=C2Sc3ccc(Cl)cc3N2C)SC1=NC1CCCCC1. The number of aliphatic imine (C=N–C) groups is 1. The van der Waals surface area contributed by atoms with E-state index in [1.165, 1.54) is 31.0 Å². The number of nitrogens with zero attached hydrogens (tertiary/aromatic N) is 3. The van der Waals surface area contributed by atoms with Crippen LogP contribution in [0.3, 0.4) is 0 Å². The molecule has 25 heavy (non-hydrogen) atoms. The molecule has 1 aromatic carbocycles. The molecule has 7 heteroatoms. The molecule has 0 aromatic heterocycles. The number of hydrogen-bond donors (Lipinski definition) is 0. The van der Waals surface area contributed by atoms with Crippen molar-refractivity contribution in [3.05, 3.63) is 33.2 Å². The van der Waals surface area contributed by atoms with Gasteiger partial charge in [0.25, 0.3) is 5.91 Å². The number of carbonyl (C=O) groups excluding carboxylic acids is 1. The zero-order chi connectivity index (χ0) is 17.6. The Labute approximate surface area is 161 Å². The normalized spacial score (nSPS) is 26.0. The summed E-state index contributed by atoms with van der Waals surface area (Å²) in [5, 5.41) is 2.51. The van der Waals surface area contributed by atoms with Gasteiger partial charge in [0.15, 0.2) is 5.17 Å². The summed E-state index contributed by atoms with van der Waals surface area (Å²) in [7, 11) is 3.82. The minimum Gasteiger partial charge on any atom is -0.337 e. The molecule has 0 unspecified atom stereocenters. The molecule has 1 aliphatic carbocycles. The van der Waals surface area contributed by atoms with Gasteiger partial charge in [-0.15, -0.1) is 0 Å². The molecule has 4 nitrogen and oxygen atoms in total. The second-order valence-corrected chi connectivity index (χ2v) is 9.02. The molecule has 2 fully saturated rings. The Bertz CT molecular complexity index is 787.